The molecule has 1 aliphatic heterocycles. The van der Waals surface area contributed by atoms with E-state index in [-0.39, 0.29) is 5.91 Å². The Kier molecular flexibility index (Phi) is 3.25. The molecule has 0 aromatic carbocycles. The van der Waals surface area contributed by atoms with E-state index in [1.165, 1.54) is 12.8 Å². The Labute approximate surface area is 127 Å². The first-order valence-corrected chi connectivity index (χ1v) is 8.48. The van der Waals surface area contributed by atoms with Gasteiger partial charge in [0.1, 0.15) is 12.2 Å². The van der Waals surface area contributed by atoms with E-state index in [9.17, 15) is 4.79 Å². The van der Waals surface area contributed by atoms with Crippen LogP contribution in [-0.4, -0.2) is 38.7 Å². The third kappa shape index (κ3) is 2.48. The minimum Gasteiger partial charge on any atom is -0.338 e. The number of amides is 1. The maximum atomic E-state index is 12.3. The molecule has 6 heteroatoms. The zero-order chi connectivity index (χ0) is 14.2. The Bertz CT molecular complexity index is 624. The molecule has 0 radical (unpaired) electrons. The van der Waals surface area contributed by atoms with Gasteiger partial charge >= 0.3 is 0 Å². The van der Waals surface area contributed by atoms with Crippen molar-refractivity contribution in [3.8, 4) is 0 Å². The van der Waals surface area contributed by atoms with E-state index in [0.717, 1.165) is 37.3 Å². The summed E-state index contributed by atoms with van der Waals surface area (Å²) in [5.41, 5.74) is 0.821. The zero-order valence-corrected chi connectivity index (χ0v) is 12.6. The van der Waals surface area contributed by atoms with Crippen LogP contribution >= 0.6 is 11.3 Å². The normalized spacial score (nSPS) is 19.9. The molecule has 0 N–H and O–H groups in total. The number of aromatic nitrogens is 3. The van der Waals surface area contributed by atoms with Crippen molar-refractivity contribution in [2.75, 3.05) is 13.1 Å². The van der Waals surface area contributed by atoms with E-state index in [0.29, 0.717) is 12.0 Å². The first-order valence-electron chi connectivity index (χ1n) is 7.54. The van der Waals surface area contributed by atoms with Gasteiger partial charge in [-0.05, 0) is 37.1 Å². The lowest BCUT2D eigenvalue weighted by atomic mass is 10.0. The van der Waals surface area contributed by atoms with Crippen LogP contribution in [0.5, 0.6) is 0 Å². The smallest absolute Gasteiger partial charge is 0.254 e. The molecule has 2 aromatic heterocycles. The molecular weight excluding hydrogens is 284 g/mol. The van der Waals surface area contributed by atoms with Gasteiger partial charge in [-0.3, -0.25) is 4.79 Å². The van der Waals surface area contributed by atoms with E-state index in [4.69, 9.17) is 0 Å². The molecule has 110 valence electrons. The number of nitrogens with zero attached hydrogens (tertiary/aromatic N) is 4. The van der Waals surface area contributed by atoms with Crippen molar-refractivity contribution in [2.45, 2.75) is 37.6 Å². The summed E-state index contributed by atoms with van der Waals surface area (Å²) in [6, 6.07) is 2.35. The van der Waals surface area contributed by atoms with Gasteiger partial charge in [0.05, 0.1) is 5.56 Å². The number of carbonyl (C=O) groups excluding carboxylic acids is 1. The summed E-state index contributed by atoms with van der Waals surface area (Å²) in [6.07, 6.45) is 6.35. The summed E-state index contributed by atoms with van der Waals surface area (Å²) >= 11 is 1.57. The van der Waals surface area contributed by atoms with Gasteiger partial charge in [-0.15, -0.1) is 10.2 Å². The monoisotopic (exact) mass is 302 g/mol. The number of thiophene rings is 1. The van der Waals surface area contributed by atoms with Gasteiger partial charge in [0.2, 0.25) is 0 Å². The van der Waals surface area contributed by atoms with Gasteiger partial charge in [0.15, 0.2) is 0 Å². The van der Waals surface area contributed by atoms with Crippen molar-refractivity contribution < 1.29 is 4.79 Å². The van der Waals surface area contributed by atoms with Crippen LogP contribution in [0, 0.1) is 0 Å². The Hall–Kier alpha value is -1.69. The Balaban J connectivity index is 1.42. The molecular formula is C15H18N4OS. The van der Waals surface area contributed by atoms with Gasteiger partial charge in [-0.2, -0.15) is 11.3 Å². The average molecular weight is 302 g/mol. The van der Waals surface area contributed by atoms with Crippen molar-refractivity contribution in [1.82, 2.24) is 19.7 Å². The van der Waals surface area contributed by atoms with Crippen molar-refractivity contribution in [3.05, 3.63) is 34.5 Å². The average Bonchev–Trinajstić information content (AvgIpc) is 3.05. The molecule has 1 saturated heterocycles. The quantitative estimate of drug-likeness (QED) is 0.876. The highest BCUT2D eigenvalue weighted by Gasteiger charge is 2.32. The second-order valence-electron chi connectivity index (χ2n) is 5.91. The third-order valence-corrected chi connectivity index (χ3v) is 5.14. The standard InChI is InChI=1S/C15H18N4OS/c20-15(12-5-8-21-9-12)18-6-3-13(4-7-18)19-10-16-17-14(19)11-1-2-11/h5,8-11,13H,1-4,6-7H2. The number of hydrogen-bond acceptors (Lipinski definition) is 4. The molecule has 2 aromatic rings. The van der Waals surface area contributed by atoms with Crippen LogP contribution in [0.1, 0.15) is 53.8 Å². The molecule has 2 fully saturated rings. The fourth-order valence-corrected chi connectivity index (χ4v) is 3.71. The lowest BCUT2D eigenvalue weighted by Gasteiger charge is -2.32. The largest absolute Gasteiger partial charge is 0.338 e. The van der Waals surface area contributed by atoms with Crippen molar-refractivity contribution in [1.29, 1.82) is 0 Å². The highest BCUT2D eigenvalue weighted by molar-refractivity contribution is 7.08. The van der Waals surface area contributed by atoms with Gasteiger partial charge in [-0.1, -0.05) is 0 Å². The van der Waals surface area contributed by atoms with E-state index in [1.807, 2.05) is 28.1 Å². The van der Waals surface area contributed by atoms with E-state index in [1.54, 1.807) is 11.3 Å². The lowest BCUT2D eigenvalue weighted by Crippen LogP contribution is -2.39. The van der Waals surface area contributed by atoms with Crippen LogP contribution in [-0.2, 0) is 0 Å². The molecule has 4 rings (SSSR count). The SMILES string of the molecule is O=C(c1ccsc1)N1CCC(n2cnnc2C2CC2)CC1. The second-order valence-corrected chi connectivity index (χ2v) is 6.69. The Morgan fingerprint density at radius 3 is 2.71 bits per heavy atom. The fourth-order valence-electron chi connectivity index (χ4n) is 3.08. The number of piperidine rings is 1. The van der Waals surface area contributed by atoms with E-state index >= 15 is 0 Å². The number of hydrogen-bond donors (Lipinski definition) is 0. The van der Waals surface area contributed by atoms with Crippen LogP contribution in [0.25, 0.3) is 0 Å². The summed E-state index contributed by atoms with van der Waals surface area (Å²) in [6.45, 7) is 1.64. The van der Waals surface area contributed by atoms with E-state index in [2.05, 4.69) is 14.8 Å². The molecule has 2 aliphatic rings. The summed E-state index contributed by atoms with van der Waals surface area (Å²) in [7, 11) is 0. The van der Waals surface area contributed by atoms with Gasteiger partial charge < -0.3 is 9.47 Å². The van der Waals surface area contributed by atoms with Crippen LogP contribution < -0.4 is 0 Å². The molecule has 0 unspecified atom stereocenters. The number of rotatable bonds is 3. The molecule has 0 atom stereocenters. The van der Waals surface area contributed by atoms with Crippen molar-refractivity contribution in [2.24, 2.45) is 0 Å². The van der Waals surface area contributed by atoms with Crippen LogP contribution in [0.2, 0.25) is 0 Å². The third-order valence-electron chi connectivity index (χ3n) is 4.46. The Morgan fingerprint density at radius 1 is 1.24 bits per heavy atom. The van der Waals surface area contributed by atoms with Crippen LogP contribution in [0.3, 0.4) is 0 Å². The molecule has 1 saturated carbocycles. The minimum absolute atomic E-state index is 0.167. The molecule has 1 amide bonds. The first-order chi connectivity index (χ1) is 10.3. The minimum atomic E-state index is 0.167. The second kappa shape index (κ2) is 5.26. The molecule has 0 bridgehead atoms. The summed E-state index contributed by atoms with van der Waals surface area (Å²) < 4.78 is 2.25. The van der Waals surface area contributed by atoms with Crippen molar-refractivity contribution >= 4 is 17.2 Å². The zero-order valence-electron chi connectivity index (χ0n) is 11.8. The van der Waals surface area contributed by atoms with E-state index < -0.39 is 0 Å². The maximum absolute atomic E-state index is 12.3. The molecule has 21 heavy (non-hydrogen) atoms. The molecule has 0 spiro atoms. The number of likely N-dealkylation sites (tertiary alicyclic amines) is 1. The highest BCUT2D eigenvalue weighted by atomic mass is 32.1. The molecule has 5 nitrogen and oxygen atoms in total. The summed E-state index contributed by atoms with van der Waals surface area (Å²) in [4.78, 5) is 14.3. The molecule has 3 heterocycles. The summed E-state index contributed by atoms with van der Waals surface area (Å²) in [5, 5.41) is 12.3. The Morgan fingerprint density at radius 2 is 2.05 bits per heavy atom. The van der Waals surface area contributed by atoms with Crippen LogP contribution in [0.15, 0.2) is 23.2 Å². The lowest BCUT2D eigenvalue weighted by molar-refractivity contribution is 0.0694. The van der Waals surface area contributed by atoms with Crippen LogP contribution in [0.4, 0.5) is 0 Å². The highest BCUT2D eigenvalue weighted by Crippen LogP contribution is 2.40. The fraction of sp³-hybridized carbons (Fsp3) is 0.533. The first kappa shape index (κ1) is 13.0. The summed E-state index contributed by atoms with van der Waals surface area (Å²) in [5.74, 6) is 1.94. The number of carbonyl (C=O) groups is 1. The maximum Gasteiger partial charge on any atom is 0.254 e. The van der Waals surface area contributed by atoms with Gasteiger partial charge in [0.25, 0.3) is 5.91 Å². The van der Waals surface area contributed by atoms with Gasteiger partial charge in [0, 0.05) is 30.4 Å². The van der Waals surface area contributed by atoms with Gasteiger partial charge in [-0.25, -0.2) is 0 Å². The van der Waals surface area contributed by atoms with Crippen molar-refractivity contribution in [3.63, 3.8) is 0 Å². The molecule has 1 aliphatic carbocycles. The predicted molar refractivity (Wildman–Crippen MR) is 80.5 cm³/mol. The topological polar surface area (TPSA) is 51.0 Å². The predicted octanol–water partition coefficient (Wildman–Crippen LogP) is 2.69.